The van der Waals surface area contributed by atoms with Crippen molar-refractivity contribution >= 4 is 27.7 Å². The number of aromatic nitrogens is 2. The van der Waals surface area contributed by atoms with Crippen molar-refractivity contribution in [1.82, 2.24) is 9.97 Å². The van der Waals surface area contributed by atoms with Crippen molar-refractivity contribution < 1.29 is 0 Å². The molecule has 5 nitrogen and oxygen atoms in total. The summed E-state index contributed by atoms with van der Waals surface area (Å²) in [7, 11) is 0. The van der Waals surface area contributed by atoms with Crippen LogP contribution < -0.4 is 16.6 Å². The molecule has 4 N–H and O–H groups in total. The van der Waals surface area contributed by atoms with Crippen molar-refractivity contribution in [2.75, 3.05) is 17.3 Å². The molecule has 1 aromatic heterocycles. The van der Waals surface area contributed by atoms with Gasteiger partial charge in [0.15, 0.2) is 0 Å². The van der Waals surface area contributed by atoms with E-state index in [9.17, 15) is 0 Å². The van der Waals surface area contributed by atoms with E-state index >= 15 is 0 Å². The minimum absolute atomic E-state index is 0.417. The lowest BCUT2D eigenvalue weighted by molar-refractivity contribution is 0.180. The lowest BCUT2D eigenvalue weighted by atomic mass is 9.70. The van der Waals surface area contributed by atoms with Crippen molar-refractivity contribution in [2.24, 2.45) is 11.3 Å². The predicted molar refractivity (Wildman–Crippen MR) is 68.0 cm³/mol. The molecule has 1 aliphatic carbocycles. The van der Waals surface area contributed by atoms with Gasteiger partial charge in [0.1, 0.15) is 5.82 Å². The molecule has 2 rings (SSSR count). The fourth-order valence-electron chi connectivity index (χ4n) is 1.81. The van der Waals surface area contributed by atoms with Crippen molar-refractivity contribution in [3.63, 3.8) is 0 Å². The normalized spacial score (nSPS) is 17.7. The minimum Gasteiger partial charge on any atom is -0.368 e. The first-order valence-corrected chi connectivity index (χ1v) is 6.15. The summed E-state index contributed by atoms with van der Waals surface area (Å²) in [5, 5.41) is 3.34. The van der Waals surface area contributed by atoms with E-state index in [-0.39, 0.29) is 0 Å². The molecule has 0 aliphatic heterocycles. The summed E-state index contributed by atoms with van der Waals surface area (Å²) in [5.74, 6) is 6.48. The number of nitrogens with one attached hydrogen (secondary N) is 2. The standard InChI is InChI=1S/C10H16BrN5/c1-10(3-2-4-10)6-14-8-7(11)5-13-9(15-8)16-12/h5H,2-4,6,12H2,1H3,(H2,13,14,15,16). The van der Waals surface area contributed by atoms with E-state index in [0.717, 1.165) is 16.8 Å². The first kappa shape index (κ1) is 11.6. The Balaban J connectivity index is 2.02. The number of rotatable bonds is 4. The Morgan fingerprint density at radius 2 is 2.31 bits per heavy atom. The van der Waals surface area contributed by atoms with Gasteiger partial charge in [-0.1, -0.05) is 13.3 Å². The van der Waals surface area contributed by atoms with Crippen LogP contribution >= 0.6 is 15.9 Å². The van der Waals surface area contributed by atoms with Gasteiger partial charge >= 0.3 is 0 Å². The maximum absolute atomic E-state index is 5.27. The summed E-state index contributed by atoms with van der Waals surface area (Å²) >= 11 is 3.41. The van der Waals surface area contributed by atoms with Crippen LogP contribution in [0.2, 0.25) is 0 Å². The molecule has 1 aliphatic rings. The summed E-state index contributed by atoms with van der Waals surface area (Å²) in [4.78, 5) is 8.25. The molecular weight excluding hydrogens is 270 g/mol. The number of hydrogen-bond donors (Lipinski definition) is 3. The van der Waals surface area contributed by atoms with Gasteiger partial charge in [0, 0.05) is 12.7 Å². The van der Waals surface area contributed by atoms with Gasteiger partial charge in [-0.15, -0.1) is 0 Å². The van der Waals surface area contributed by atoms with Gasteiger partial charge in [-0.2, -0.15) is 4.98 Å². The maximum atomic E-state index is 5.27. The van der Waals surface area contributed by atoms with Gasteiger partial charge in [0.2, 0.25) is 5.95 Å². The Morgan fingerprint density at radius 1 is 1.56 bits per heavy atom. The van der Waals surface area contributed by atoms with Crippen molar-refractivity contribution in [3.8, 4) is 0 Å². The van der Waals surface area contributed by atoms with Crippen molar-refractivity contribution in [3.05, 3.63) is 10.7 Å². The molecular formula is C10H16BrN5. The SMILES string of the molecule is CC1(CNc2nc(NN)ncc2Br)CCC1. The monoisotopic (exact) mass is 285 g/mol. The fourth-order valence-corrected chi connectivity index (χ4v) is 2.15. The lowest BCUT2D eigenvalue weighted by Gasteiger charge is -2.38. The Bertz CT molecular complexity index is 377. The summed E-state index contributed by atoms with van der Waals surface area (Å²) in [5.41, 5.74) is 2.85. The highest BCUT2D eigenvalue weighted by Gasteiger charge is 2.31. The number of nitrogen functional groups attached to an aromatic ring is 1. The lowest BCUT2D eigenvalue weighted by Crippen LogP contribution is -2.33. The zero-order valence-electron chi connectivity index (χ0n) is 9.26. The van der Waals surface area contributed by atoms with Gasteiger partial charge in [0.05, 0.1) is 4.47 Å². The molecule has 6 heteroatoms. The van der Waals surface area contributed by atoms with E-state index in [1.807, 2.05) is 0 Å². The maximum Gasteiger partial charge on any atom is 0.239 e. The van der Waals surface area contributed by atoms with Crippen LogP contribution in [0, 0.1) is 5.41 Å². The molecule has 1 saturated carbocycles. The number of nitrogens with zero attached hydrogens (tertiary/aromatic N) is 2. The zero-order valence-corrected chi connectivity index (χ0v) is 10.8. The molecule has 0 amide bonds. The fraction of sp³-hybridized carbons (Fsp3) is 0.600. The predicted octanol–water partition coefficient (Wildman–Crippen LogP) is 2.13. The second-order valence-electron chi connectivity index (χ2n) is 4.55. The summed E-state index contributed by atoms with van der Waals surface area (Å²) < 4.78 is 0.856. The smallest absolute Gasteiger partial charge is 0.239 e. The molecule has 0 spiro atoms. The molecule has 16 heavy (non-hydrogen) atoms. The number of hydrazine groups is 1. The Labute approximate surface area is 103 Å². The first-order valence-electron chi connectivity index (χ1n) is 5.36. The highest BCUT2D eigenvalue weighted by Crippen LogP contribution is 2.40. The van der Waals surface area contributed by atoms with Crippen LogP contribution in [-0.4, -0.2) is 16.5 Å². The van der Waals surface area contributed by atoms with E-state index in [1.54, 1.807) is 6.20 Å². The van der Waals surface area contributed by atoms with Crippen LogP contribution in [0.3, 0.4) is 0 Å². The molecule has 0 radical (unpaired) electrons. The van der Waals surface area contributed by atoms with Gasteiger partial charge in [-0.05, 0) is 34.2 Å². The molecule has 0 saturated heterocycles. The molecule has 1 fully saturated rings. The number of anilines is 2. The Hall–Kier alpha value is -0.880. The molecule has 0 bridgehead atoms. The van der Waals surface area contributed by atoms with Crippen LogP contribution in [0.5, 0.6) is 0 Å². The number of nitrogens with two attached hydrogens (primary N) is 1. The average molecular weight is 286 g/mol. The van der Waals surface area contributed by atoms with Crippen molar-refractivity contribution in [1.29, 1.82) is 0 Å². The van der Waals surface area contributed by atoms with E-state index in [4.69, 9.17) is 5.84 Å². The third kappa shape index (κ3) is 2.44. The highest BCUT2D eigenvalue weighted by molar-refractivity contribution is 9.10. The summed E-state index contributed by atoms with van der Waals surface area (Å²) in [6, 6.07) is 0. The van der Waals surface area contributed by atoms with Crippen LogP contribution in [0.15, 0.2) is 10.7 Å². The Kier molecular flexibility index (Phi) is 3.30. The number of hydrogen-bond acceptors (Lipinski definition) is 5. The number of halogens is 1. The third-order valence-electron chi connectivity index (χ3n) is 3.12. The molecule has 88 valence electrons. The highest BCUT2D eigenvalue weighted by atomic mass is 79.9. The van der Waals surface area contributed by atoms with E-state index in [2.05, 4.69) is 43.6 Å². The van der Waals surface area contributed by atoms with Crippen LogP contribution in [0.4, 0.5) is 11.8 Å². The third-order valence-corrected chi connectivity index (χ3v) is 3.70. The zero-order chi connectivity index (χ0) is 11.6. The van der Waals surface area contributed by atoms with Gasteiger partial charge in [0.25, 0.3) is 0 Å². The van der Waals surface area contributed by atoms with Gasteiger partial charge in [-0.25, -0.2) is 10.8 Å². The second kappa shape index (κ2) is 4.55. The quantitative estimate of drug-likeness (QED) is 0.584. The molecule has 0 atom stereocenters. The van der Waals surface area contributed by atoms with Gasteiger partial charge in [-0.3, -0.25) is 5.43 Å². The van der Waals surface area contributed by atoms with E-state index in [1.165, 1.54) is 19.3 Å². The minimum atomic E-state index is 0.417. The van der Waals surface area contributed by atoms with Crippen molar-refractivity contribution in [2.45, 2.75) is 26.2 Å². The molecule has 0 unspecified atom stereocenters. The Morgan fingerprint density at radius 3 is 2.88 bits per heavy atom. The summed E-state index contributed by atoms with van der Waals surface area (Å²) in [6.45, 7) is 3.23. The molecule has 1 heterocycles. The van der Waals surface area contributed by atoms with E-state index < -0.39 is 0 Å². The largest absolute Gasteiger partial charge is 0.368 e. The molecule has 0 aromatic carbocycles. The first-order chi connectivity index (χ1) is 7.63. The van der Waals surface area contributed by atoms with Gasteiger partial charge < -0.3 is 5.32 Å². The van der Waals surface area contributed by atoms with Crippen LogP contribution in [-0.2, 0) is 0 Å². The molecule has 1 aromatic rings. The van der Waals surface area contributed by atoms with Crippen LogP contribution in [0.1, 0.15) is 26.2 Å². The second-order valence-corrected chi connectivity index (χ2v) is 5.41. The van der Waals surface area contributed by atoms with Crippen LogP contribution in [0.25, 0.3) is 0 Å². The van der Waals surface area contributed by atoms with E-state index in [0.29, 0.717) is 11.4 Å². The average Bonchev–Trinajstić information content (AvgIpc) is 2.25. The topological polar surface area (TPSA) is 75.9 Å². The summed E-state index contributed by atoms with van der Waals surface area (Å²) in [6.07, 6.45) is 5.59.